The summed E-state index contributed by atoms with van der Waals surface area (Å²) in [4.78, 5) is 0. The molecular weight excluding hydrogens is 174 g/mol. The summed E-state index contributed by atoms with van der Waals surface area (Å²) in [5, 5.41) is 0. The van der Waals surface area contributed by atoms with Crippen LogP contribution in [0.2, 0.25) is 0 Å². The second-order valence-corrected chi connectivity index (χ2v) is 4.92. The zero-order chi connectivity index (χ0) is 10.6. The summed E-state index contributed by atoms with van der Waals surface area (Å²) in [5.74, 6) is 0.564. The lowest BCUT2D eigenvalue weighted by molar-refractivity contribution is 0.0913. The first-order valence-corrected chi connectivity index (χ1v) is 5.99. The van der Waals surface area contributed by atoms with Crippen molar-refractivity contribution >= 4 is 0 Å². The molecule has 1 aliphatic rings. The summed E-state index contributed by atoms with van der Waals surface area (Å²) in [6.07, 6.45) is 6.27. The average Bonchev–Trinajstić information content (AvgIpc) is 2.66. The van der Waals surface area contributed by atoms with Gasteiger partial charge in [0.1, 0.15) is 0 Å². The van der Waals surface area contributed by atoms with Crippen LogP contribution < -0.4 is 5.73 Å². The normalized spacial score (nSPS) is 26.8. The number of ether oxygens (including phenoxy) is 1. The van der Waals surface area contributed by atoms with E-state index in [1.54, 1.807) is 0 Å². The summed E-state index contributed by atoms with van der Waals surface area (Å²) in [6, 6.07) is 0. The summed E-state index contributed by atoms with van der Waals surface area (Å²) in [6.45, 7) is 7.59. The Morgan fingerprint density at radius 1 is 1.50 bits per heavy atom. The molecule has 1 saturated heterocycles. The lowest BCUT2D eigenvalue weighted by Gasteiger charge is -2.33. The Hall–Kier alpha value is -0.0800. The molecule has 0 saturated carbocycles. The highest BCUT2D eigenvalue weighted by Gasteiger charge is 2.28. The van der Waals surface area contributed by atoms with Crippen molar-refractivity contribution in [3.05, 3.63) is 0 Å². The van der Waals surface area contributed by atoms with E-state index in [4.69, 9.17) is 10.5 Å². The van der Waals surface area contributed by atoms with Crippen molar-refractivity contribution in [3.63, 3.8) is 0 Å². The second kappa shape index (κ2) is 5.13. The van der Waals surface area contributed by atoms with Gasteiger partial charge in [-0.15, -0.1) is 0 Å². The first kappa shape index (κ1) is 12.0. The van der Waals surface area contributed by atoms with Gasteiger partial charge < -0.3 is 10.5 Å². The van der Waals surface area contributed by atoms with Crippen molar-refractivity contribution in [2.45, 2.75) is 64.5 Å². The van der Waals surface area contributed by atoms with Gasteiger partial charge in [0.15, 0.2) is 0 Å². The van der Waals surface area contributed by atoms with Crippen LogP contribution in [0, 0.1) is 5.92 Å². The molecule has 0 aliphatic carbocycles. The molecule has 0 radical (unpaired) electrons. The Morgan fingerprint density at radius 3 is 2.64 bits per heavy atom. The van der Waals surface area contributed by atoms with Crippen molar-refractivity contribution < 1.29 is 4.74 Å². The van der Waals surface area contributed by atoms with E-state index in [0.717, 1.165) is 25.9 Å². The second-order valence-electron chi connectivity index (χ2n) is 4.92. The predicted molar refractivity (Wildman–Crippen MR) is 60.3 cm³/mol. The van der Waals surface area contributed by atoms with Crippen LogP contribution in [0.1, 0.15) is 52.9 Å². The Balaban J connectivity index is 2.32. The summed E-state index contributed by atoms with van der Waals surface area (Å²) < 4.78 is 5.62. The Kier molecular flexibility index (Phi) is 4.39. The maximum atomic E-state index is 6.36. The van der Waals surface area contributed by atoms with Gasteiger partial charge in [-0.3, -0.25) is 0 Å². The van der Waals surface area contributed by atoms with Gasteiger partial charge >= 0.3 is 0 Å². The monoisotopic (exact) mass is 199 g/mol. The zero-order valence-corrected chi connectivity index (χ0v) is 9.88. The van der Waals surface area contributed by atoms with Gasteiger partial charge in [-0.25, -0.2) is 0 Å². The van der Waals surface area contributed by atoms with E-state index < -0.39 is 0 Å². The van der Waals surface area contributed by atoms with Crippen LogP contribution in [-0.2, 0) is 4.74 Å². The van der Waals surface area contributed by atoms with Crippen LogP contribution in [0.25, 0.3) is 0 Å². The summed E-state index contributed by atoms with van der Waals surface area (Å²) in [7, 11) is 0. The summed E-state index contributed by atoms with van der Waals surface area (Å²) >= 11 is 0. The molecule has 2 heteroatoms. The number of rotatable bonds is 5. The lowest BCUT2D eigenvalue weighted by Crippen LogP contribution is -2.44. The van der Waals surface area contributed by atoms with E-state index in [9.17, 15) is 0 Å². The highest BCUT2D eigenvalue weighted by Crippen LogP contribution is 2.27. The van der Waals surface area contributed by atoms with Gasteiger partial charge in [-0.05, 0) is 38.0 Å². The maximum Gasteiger partial charge on any atom is 0.0576 e. The van der Waals surface area contributed by atoms with Gasteiger partial charge in [0.2, 0.25) is 0 Å². The predicted octanol–water partition coefficient (Wildman–Crippen LogP) is 2.71. The molecule has 0 aromatic rings. The molecule has 0 spiro atoms. The van der Waals surface area contributed by atoms with Crippen molar-refractivity contribution in [2.75, 3.05) is 6.61 Å². The molecule has 2 N–H and O–H groups in total. The van der Waals surface area contributed by atoms with Gasteiger partial charge in [-0.1, -0.05) is 20.8 Å². The highest BCUT2D eigenvalue weighted by molar-refractivity contribution is 4.87. The number of hydrogen-bond donors (Lipinski definition) is 1. The minimum absolute atomic E-state index is 0.0198. The van der Waals surface area contributed by atoms with Crippen molar-refractivity contribution in [1.29, 1.82) is 0 Å². The standard InChI is InChI=1S/C12H25NO/c1-4-12(13,10(2)3)8-7-11-6-5-9-14-11/h10-11H,4-9,13H2,1-3H3. The van der Waals surface area contributed by atoms with Crippen LogP contribution in [0.3, 0.4) is 0 Å². The molecule has 0 bridgehead atoms. The summed E-state index contributed by atoms with van der Waals surface area (Å²) in [5.41, 5.74) is 6.38. The third-order valence-electron chi connectivity index (χ3n) is 3.76. The molecule has 2 unspecified atom stereocenters. The molecule has 1 fully saturated rings. The minimum Gasteiger partial charge on any atom is -0.378 e. The van der Waals surface area contributed by atoms with Crippen molar-refractivity contribution in [1.82, 2.24) is 0 Å². The maximum absolute atomic E-state index is 6.36. The molecule has 2 atom stereocenters. The molecular formula is C12H25NO. The first-order chi connectivity index (χ1) is 6.58. The van der Waals surface area contributed by atoms with E-state index >= 15 is 0 Å². The van der Waals surface area contributed by atoms with Gasteiger partial charge in [0.05, 0.1) is 6.10 Å². The van der Waals surface area contributed by atoms with Crippen molar-refractivity contribution in [3.8, 4) is 0 Å². The van der Waals surface area contributed by atoms with Crippen LogP contribution >= 0.6 is 0 Å². The third kappa shape index (κ3) is 2.96. The van der Waals surface area contributed by atoms with Gasteiger partial charge in [0, 0.05) is 12.1 Å². The quantitative estimate of drug-likeness (QED) is 0.739. The van der Waals surface area contributed by atoms with E-state index in [1.165, 1.54) is 12.8 Å². The first-order valence-electron chi connectivity index (χ1n) is 5.99. The molecule has 0 amide bonds. The number of hydrogen-bond acceptors (Lipinski definition) is 2. The van der Waals surface area contributed by atoms with Crippen LogP contribution in [0.15, 0.2) is 0 Å². The lowest BCUT2D eigenvalue weighted by atomic mass is 9.80. The third-order valence-corrected chi connectivity index (χ3v) is 3.76. The molecule has 84 valence electrons. The molecule has 2 nitrogen and oxygen atoms in total. The van der Waals surface area contributed by atoms with Gasteiger partial charge in [0.25, 0.3) is 0 Å². The van der Waals surface area contributed by atoms with Crippen LogP contribution in [0.4, 0.5) is 0 Å². The Bertz CT molecular complexity index is 164. The molecule has 1 heterocycles. The van der Waals surface area contributed by atoms with E-state index in [0.29, 0.717) is 12.0 Å². The topological polar surface area (TPSA) is 35.2 Å². The Morgan fingerprint density at radius 2 is 2.21 bits per heavy atom. The van der Waals surface area contributed by atoms with E-state index in [-0.39, 0.29) is 5.54 Å². The molecule has 14 heavy (non-hydrogen) atoms. The minimum atomic E-state index is 0.0198. The molecule has 0 aromatic heterocycles. The van der Waals surface area contributed by atoms with Crippen LogP contribution in [0.5, 0.6) is 0 Å². The Labute approximate surface area is 88.2 Å². The smallest absolute Gasteiger partial charge is 0.0576 e. The van der Waals surface area contributed by atoms with Crippen molar-refractivity contribution in [2.24, 2.45) is 11.7 Å². The van der Waals surface area contributed by atoms with Gasteiger partial charge in [-0.2, -0.15) is 0 Å². The van der Waals surface area contributed by atoms with E-state index in [2.05, 4.69) is 20.8 Å². The highest BCUT2D eigenvalue weighted by atomic mass is 16.5. The zero-order valence-electron chi connectivity index (χ0n) is 9.88. The molecule has 1 aliphatic heterocycles. The largest absolute Gasteiger partial charge is 0.378 e. The number of nitrogens with two attached hydrogens (primary N) is 1. The molecule has 1 rings (SSSR count). The fourth-order valence-corrected chi connectivity index (χ4v) is 2.18. The SMILES string of the molecule is CCC(N)(CCC1CCCO1)C(C)C. The fraction of sp³-hybridized carbons (Fsp3) is 1.00. The average molecular weight is 199 g/mol. The molecule has 0 aromatic carbocycles. The fourth-order valence-electron chi connectivity index (χ4n) is 2.18. The van der Waals surface area contributed by atoms with Crippen LogP contribution in [-0.4, -0.2) is 18.2 Å². The van der Waals surface area contributed by atoms with E-state index in [1.807, 2.05) is 0 Å².